The number of rotatable bonds is 5. The van der Waals surface area contributed by atoms with Crippen LogP contribution in [0.1, 0.15) is 48.8 Å². The fourth-order valence-electron chi connectivity index (χ4n) is 2.57. The Balaban J connectivity index is 1.83. The van der Waals surface area contributed by atoms with Crippen molar-refractivity contribution in [3.63, 3.8) is 0 Å². The van der Waals surface area contributed by atoms with Crippen LogP contribution in [0.5, 0.6) is 0 Å². The van der Waals surface area contributed by atoms with E-state index < -0.39 is 0 Å². The Bertz CT molecular complexity index is 433. The van der Waals surface area contributed by atoms with Gasteiger partial charge in [0.05, 0.1) is 0 Å². The first-order chi connectivity index (χ1) is 9.08. The number of nitrogens with zero attached hydrogens (tertiary/aromatic N) is 2. The third-order valence-electron chi connectivity index (χ3n) is 3.74. The Morgan fingerprint density at radius 1 is 1.63 bits per heavy atom. The van der Waals surface area contributed by atoms with Gasteiger partial charge in [-0.2, -0.15) is 5.10 Å². The molecule has 19 heavy (non-hydrogen) atoms. The highest BCUT2D eigenvalue weighted by atomic mass is 16.1. The summed E-state index contributed by atoms with van der Waals surface area (Å²) in [4.78, 5) is 12.0. The average Bonchev–Trinajstić information content (AvgIpc) is 2.98. The SMILES string of the molecule is CC(C)c1cc(C(=O)NCCC2CCNC2)nn1C. The van der Waals surface area contributed by atoms with Crippen molar-refractivity contribution in [1.29, 1.82) is 0 Å². The van der Waals surface area contributed by atoms with Gasteiger partial charge in [-0.05, 0) is 43.8 Å². The molecule has 0 spiro atoms. The molecule has 0 aromatic carbocycles. The van der Waals surface area contributed by atoms with Crippen LogP contribution in [0, 0.1) is 5.92 Å². The van der Waals surface area contributed by atoms with Crippen LogP contribution in [-0.2, 0) is 7.05 Å². The average molecular weight is 264 g/mol. The Kier molecular flexibility index (Phi) is 4.58. The highest BCUT2D eigenvalue weighted by molar-refractivity contribution is 5.92. The Labute approximate surface area is 114 Å². The lowest BCUT2D eigenvalue weighted by Crippen LogP contribution is -2.26. The molecule has 0 bridgehead atoms. The first-order valence-corrected chi connectivity index (χ1v) is 7.10. The summed E-state index contributed by atoms with van der Waals surface area (Å²) >= 11 is 0. The van der Waals surface area contributed by atoms with Gasteiger partial charge < -0.3 is 10.6 Å². The minimum atomic E-state index is -0.0616. The number of nitrogens with one attached hydrogen (secondary N) is 2. The second-order valence-corrected chi connectivity index (χ2v) is 5.64. The molecule has 106 valence electrons. The second kappa shape index (κ2) is 6.19. The smallest absolute Gasteiger partial charge is 0.271 e. The molecule has 2 N–H and O–H groups in total. The molecular formula is C14H24N4O. The van der Waals surface area contributed by atoms with Crippen molar-refractivity contribution < 1.29 is 4.79 Å². The predicted octanol–water partition coefficient (Wildman–Crippen LogP) is 1.27. The number of hydrogen-bond acceptors (Lipinski definition) is 3. The predicted molar refractivity (Wildman–Crippen MR) is 75.2 cm³/mol. The summed E-state index contributed by atoms with van der Waals surface area (Å²) in [7, 11) is 1.89. The molecule has 0 saturated carbocycles. The van der Waals surface area contributed by atoms with Gasteiger partial charge in [0.15, 0.2) is 0 Å². The number of carbonyl (C=O) groups excluding carboxylic acids is 1. The zero-order chi connectivity index (χ0) is 13.8. The standard InChI is InChI=1S/C14H24N4O/c1-10(2)13-8-12(17-18(13)3)14(19)16-7-5-11-4-6-15-9-11/h8,10-11,15H,4-7,9H2,1-3H3,(H,16,19). The molecule has 1 aliphatic rings. The number of amides is 1. The van der Waals surface area contributed by atoms with Crippen molar-refractivity contribution in [2.75, 3.05) is 19.6 Å². The minimum Gasteiger partial charge on any atom is -0.351 e. The van der Waals surface area contributed by atoms with Crippen molar-refractivity contribution >= 4 is 5.91 Å². The molecule has 1 unspecified atom stereocenters. The van der Waals surface area contributed by atoms with Gasteiger partial charge >= 0.3 is 0 Å². The number of aryl methyl sites for hydroxylation is 1. The Morgan fingerprint density at radius 3 is 3.00 bits per heavy atom. The molecule has 0 aliphatic carbocycles. The zero-order valence-corrected chi connectivity index (χ0v) is 12.1. The molecule has 1 amide bonds. The van der Waals surface area contributed by atoms with Gasteiger partial charge in [-0.3, -0.25) is 9.48 Å². The lowest BCUT2D eigenvalue weighted by atomic mass is 10.1. The van der Waals surface area contributed by atoms with Crippen LogP contribution in [-0.4, -0.2) is 35.3 Å². The van der Waals surface area contributed by atoms with Crippen LogP contribution in [0.3, 0.4) is 0 Å². The van der Waals surface area contributed by atoms with E-state index in [4.69, 9.17) is 0 Å². The van der Waals surface area contributed by atoms with Crippen LogP contribution in [0.15, 0.2) is 6.07 Å². The van der Waals surface area contributed by atoms with E-state index >= 15 is 0 Å². The van der Waals surface area contributed by atoms with E-state index in [1.54, 1.807) is 4.68 Å². The lowest BCUT2D eigenvalue weighted by molar-refractivity contribution is 0.0946. The summed E-state index contributed by atoms with van der Waals surface area (Å²) in [6, 6.07) is 1.89. The molecule has 0 radical (unpaired) electrons. The molecule has 5 heteroatoms. The fraction of sp³-hybridized carbons (Fsp3) is 0.714. The highest BCUT2D eigenvalue weighted by Gasteiger charge is 2.16. The van der Waals surface area contributed by atoms with Crippen LogP contribution >= 0.6 is 0 Å². The van der Waals surface area contributed by atoms with Crippen molar-refractivity contribution in [2.45, 2.75) is 32.6 Å². The van der Waals surface area contributed by atoms with Gasteiger partial charge in [-0.1, -0.05) is 13.8 Å². The third kappa shape index (κ3) is 3.56. The maximum absolute atomic E-state index is 12.0. The van der Waals surface area contributed by atoms with E-state index in [0.29, 0.717) is 17.5 Å². The molecule has 1 aromatic rings. The third-order valence-corrected chi connectivity index (χ3v) is 3.74. The van der Waals surface area contributed by atoms with E-state index in [2.05, 4.69) is 29.6 Å². The van der Waals surface area contributed by atoms with Crippen LogP contribution in [0.4, 0.5) is 0 Å². The molecule has 1 fully saturated rings. The summed E-state index contributed by atoms with van der Waals surface area (Å²) < 4.78 is 1.79. The van der Waals surface area contributed by atoms with Crippen molar-refractivity contribution in [2.24, 2.45) is 13.0 Å². The van der Waals surface area contributed by atoms with Crippen molar-refractivity contribution in [3.8, 4) is 0 Å². The van der Waals surface area contributed by atoms with Gasteiger partial charge in [0.25, 0.3) is 5.91 Å². The summed E-state index contributed by atoms with van der Waals surface area (Å²) in [5, 5.41) is 10.6. The van der Waals surface area contributed by atoms with Crippen molar-refractivity contribution in [1.82, 2.24) is 20.4 Å². The maximum atomic E-state index is 12.0. The molecule has 1 atom stereocenters. The monoisotopic (exact) mass is 264 g/mol. The second-order valence-electron chi connectivity index (χ2n) is 5.64. The van der Waals surface area contributed by atoms with Crippen molar-refractivity contribution in [3.05, 3.63) is 17.5 Å². The quantitative estimate of drug-likeness (QED) is 0.842. The molecule has 1 saturated heterocycles. The normalized spacial score (nSPS) is 19.1. The van der Waals surface area contributed by atoms with E-state index in [9.17, 15) is 4.79 Å². The van der Waals surface area contributed by atoms with Gasteiger partial charge in [-0.25, -0.2) is 0 Å². The lowest BCUT2D eigenvalue weighted by Gasteiger charge is -2.08. The van der Waals surface area contributed by atoms with E-state index in [1.807, 2.05) is 13.1 Å². The highest BCUT2D eigenvalue weighted by Crippen LogP contribution is 2.15. The largest absolute Gasteiger partial charge is 0.351 e. The first-order valence-electron chi connectivity index (χ1n) is 7.10. The molecule has 1 aromatic heterocycles. The van der Waals surface area contributed by atoms with Gasteiger partial charge in [-0.15, -0.1) is 0 Å². The summed E-state index contributed by atoms with van der Waals surface area (Å²) in [6.45, 7) is 7.13. The topological polar surface area (TPSA) is 59.0 Å². The number of carbonyl (C=O) groups is 1. The van der Waals surface area contributed by atoms with Crippen LogP contribution in [0.25, 0.3) is 0 Å². The van der Waals surface area contributed by atoms with Gasteiger partial charge in [0.2, 0.25) is 0 Å². The molecule has 2 heterocycles. The summed E-state index contributed by atoms with van der Waals surface area (Å²) in [5.74, 6) is 1.02. The van der Waals surface area contributed by atoms with Crippen LogP contribution in [0.2, 0.25) is 0 Å². The molecule has 1 aliphatic heterocycles. The fourth-order valence-corrected chi connectivity index (χ4v) is 2.57. The zero-order valence-electron chi connectivity index (χ0n) is 12.1. The first kappa shape index (κ1) is 14.1. The minimum absolute atomic E-state index is 0.0616. The number of hydrogen-bond donors (Lipinski definition) is 2. The van der Waals surface area contributed by atoms with E-state index in [-0.39, 0.29) is 5.91 Å². The maximum Gasteiger partial charge on any atom is 0.271 e. The summed E-state index contributed by atoms with van der Waals surface area (Å²) in [6.07, 6.45) is 2.26. The van der Waals surface area contributed by atoms with Crippen LogP contribution < -0.4 is 10.6 Å². The Morgan fingerprint density at radius 2 is 2.42 bits per heavy atom. The Hall–Kier alpha value is -1.36. The van der Waals surface area contributed by atoms with E-state index in [1.165, 1.54) is 6.42 Å². The summed E-state index contributed by atoms with van der Waals surface area (Å²) in [5.41, 5.74) is 1.61. The van der Waals surface area contributed by atoms with Gasteiger partial charge in [0.1, 0.15) is 5.69 Å². The molecule has 2 rings (SSSR count). The van der Waals surface area contributed by atoms with Gasteiger partial charge in [0, 0.05) is 19.3 Å². The number of aromatic nitrogens is 2. The molecular weight excluding hydrogens is 240 g/mol. The van der Waals surface area contributed by atoms with E-state index in [0.717, 1.165) is 31.7 Å². The molecule has 5 nitrogen and oxygen atoms in total.